The van der Waals surface area contributed by atoms with Gasteiger partial charge in [-0.15, -0.1) is 0 Å². The van der Waals surface area contributed by atoms with Gasteiger partial charge in [-0.25, -0.2) is 0 Å². The third-order valence-corrected chi connectivity index (χ3v) is 4.90. The number of ether oxygens (including phenoxy) is 2. The summed E-state index contributed by atoms with van der Waals surface area (Å²) in [4.78, 5) is 2.19. The zero-order valence-electron chi connectivity index (χ0n) is 15.5. The van der Waals surface area contributed by atoms with E-state index in [0.29, 0.717) is 12.4 Å². The van der Waals surface area contributed by atoms with Crippen molar-refractivity contribution in [2.45, 2.75) is 19.6 Å². The Bertz CT molecular complexity index is 693. The van der Waals surface area contributed by atoms with Crippen LogP contribution in [-0.4, -0.2) is 39.2 Å². The van der Waals surface area contributed by atoms with Crippen LogP contribution in [0.5, 0.6) is 11.5 Å². The molecule has 0 aliphatic rings. The average molecular weight is 442 g/mol. The van der Waals surface area contributed by atoms with Crippen molar-refractivity contribution in [3.05, 3.63) is 57.0 Å². The average Bonchev–Trinajstić information content (AvgIpc) is 2.62. The predicted octanol–water partition coefficient (Wildman–Crippen LogP) is 4.73. The minimum atomic E-state index is 0.460. The summed E-state index contributed by atoms with van der Waals surface area (Å²) in [6.07, 6.45) is 1.12. The Balaban J connectivity index is 1.95. The van der Waals surface area contributed by atoms with Crippen LogP contribution in [0.15, 0.2) is 40.9 Å². The molecule has 0 heterocycles. The maximum Gasteiger partial charge on any atom is 0.162 e. The molecule has 0 unspecified atom stereocenters. The Labute approximate surface area is 169 Å². The molecule has 2 rings (SSSR count). The number of hydrogen-bond acceptors (Lipinski definition) is 4. The monoisotopic (exact) mass is 440 g/mol. The standard InChI is InChI=1S/C20H26BrClN2O2/c1-24(2)10-4-9-23-13-16-11-19(25-3)20(12-18(16)21)26-14-15-5-7-17(22)8-6-15/h5-8,11-12,23H,4,9-10,13-14H2,1-3H3. The van der Waals surface area contributed by atoms with Gasteiger partial charge in [-0.2, -0.15) is 0 Å². The Morgan fingerprint density at radius 2 is 1.85 bits per heavy atom. The summed E-state index contributed by atoms with van der Waals surface area (Å²) < 4.78 is 12.4. The quantitative estimate of drug-likeness (QED) is 0.540. The van der Waals surface area contributed by atoms with Gasteiger partial charge in [0.1, 0.15) is 6.61 Å². The third kappa shape index (κ3) is 6.80. The van der Waals surface area contributed by atoms with E-state index in [9.17, 15) is 0 Å². The molecule has 1 N–H and O–H groups in total. The van der Waals surface area contributed by atoms with Gasteiger partial charge in [0, 0.05) is 16.0 Å². The van der Waals surface area contributed by atoms with E-state index < -0.39 is 0 Å². The maximum absolute atomic E-state index is 5.94. The van der Waals surface area contributed by atoms with Crippen LogP contribution >= 0.6 is 27.5 Å². The largest absolute Gasteiger partial charge is 0.493 e. The highest BCUT2D eigenvalue weighted by Gasteiger charge is 2.10. The van der Waals surface area contributed by atoms with Crippen LogP contribution in [0.3, 0.4) is 0 Å². The van der Waals surface area contributed by atoms with Crippen LogP contribution in [-0.2, 0) is 13.2 Å². The third-order valence-electron chi connectivity index (χ3n) is 3.91. The topological polar surface area (TPSA) is 33.7 Å². The van der Waals surface area contributed by atoms with Gasteiger partial charge in [-0.05, 0) is 69.0 Å². The molecule has 26 heavy (non-hydrogen) atoms. The molecule has 0 aromatic heterocycles. The summed E-state index contributed by atoms with van der Waals surface area (Å²) in [6.45, 7) is 3.29. The number of nitrogens with one attached hydrogen (secondary N) is 1. The van der Waals surface area contributed by atoms with Gasteiger partial charge in [-0.3, -0.25) is 0 Å². The van der Waals surface area contributed by atoms with E-state index in [2.05, 4.69) is 40.2 Å². The Morgan fingerprint density at radius 3 is 2.50 bits per heavy atom. The molecule has 2 aromatic rings. The Hall–Kier alpha value is -1.27. The molecular weight excluding hydrogens is 416 g/mol. The van der Waals surface area contributed by atoms with Crippen molar-refractivity contribution in [3.8, 4) is 11.5 Å². The summed E-state index contributed by atoms with van der Waals surface area (Å²) in [7, 11) is 5.83. The zero-order valence-corrected chi connectivity index (χ0v) is 17.9. The van der Waals surface area contributed by atoms with Crippen LogP contribution in [0.25, 0.3) is 0 Å². The first-order valence-electron chi connectivity index (χ1n) is 8.58. The number of nitrogens with zero attached hydrogens (tertiary/aromatic N) is 1. The van der Waals surface area contributed by atoms with Gasteiger partial charge >= 0.3 is 0 Å². The van der Waals surface area contributed by atoms with Crippen molar-refractivity contribution < 1.29 is 9.47 Å². The summed E-state index contributed by atoms with van der Waals surface area (Å²) in [5.41, 5.74) is 2.20. The van der Waals surface area contributed by atoms with Gasteiger partial charge in [0.25, 0.3) is 0 Å². The molecule has 0 spiro atoms. The predicted molar refractivity (Wildman–Crippen MR) is 111 cm³/mol. The van der Waals surface area contributed by atoms with Gasteiger partial charge < -0.3 is 19.7 Å². The summed E-state index contributed by atoms with van der Waals surface area (Å²) >= 11 is 9.55. The molecule has 4 nitrogen and oxygen atoms in total. The molecule has 0 aliphatic carbocycles. The summed E-state index contributed by atoms with van der Waals surface area (Å²) in [5, 5.41) is 4.19. The van der Waals surface area contributed by atoms with Crippen molar-refractivity contribution in [2.75, 3.05) is 34.3 Å². The molecule has 0 saturated carbocycles. The number of methoxy groups -OCH3 is 1. The first-order chi connectivity index (χ1) is 12.5. The molecule has 0 amide bonds. The molecular formula is C20H26BrClN2O2. The second-order valence-corrected chi connectivity index (χ2v) is 7.63. The summed E-state index contributed by atoms with van der Waals surface area (Å²) in [6, 6.07) is 11.6. The molecule has 0 bridgehead atoms. The van der Waals surface area contributed by atoms with Crippen molar-refractivity contribution in [1.29, 1.82) is 0 Å². The number of hydrogen-bond donors (Lipinski definition) is 1. The normalized spacial score (nSPS) is 11.0. The van der Waals surface area contributed by atoms with E-state index in [0.717, 1.165) is 52.4 Å². The number of halogens is 2. The van der Waals surface area contributed by atoms with Crippen LogP contribution in [0.4, 0.5) is 0 Å². The van der Waals surface area contributed by atoms with E-state index in [-0.39, 0.29) is 0 Å². The fraction of sp³-hybridized carbons (Fsp3) is 0.400. The molecule has 0 atom stereocenters. The van der Waals surface area contributed by atoms with E-state index >= 15 is 0 Å². The van der Waals surface area contributed by atoms with Crippen LogP contribution in [0, 0.1) is 0 Å². The second-order valence-electron chi connectivity index (χ2n) is 6.34. The van der Waals surface area contributed by atoms with Gasteiger partial charge in [-0.1, -0.05) is 39.7 Å². The van der Waals surface area contributed by atoms with Crippen LogP contribution in [0.2, 0.25) is 5.02 Å². The Morgan fingerprint density at radius 1 is 1.12 bits per heavy atom. The van der Waals surface area contributed by atoms with E-state index in [1.165, 1.54) is 0 Å². The molecule has 6 heteroatoms. The van der Waals surface area contributed by atoms with E-state index in [4.69, 9.17) is 21.1 Å². The van der Waals surface area contributed by atoms with E-state index in [1.807, 2.05) is 36.4 Å². The minimum absolute atomic E-state index is 0.460. The molecule has 0 radical (unpaired) electrons. The van der Waals surface area contributed by atoms with Crippen LogP contribution < -0.4 is 14.8 Å². The molecule has 0 fully saturated rings. The SMILES string of the molecule is COc1cc(CNCCCN(C)C)c(Br)cc1OCc1ccc(Cl)cc1. The first-order valence-corrected chi connectivity index (χ1v) is 9.76. The number of rotatable bonds is 10. The van der Waals surface area contributed by atoms with Crippen molar-refractivity contribution in [3.63, 3.8) is 0 Å². The van der Waals surface area contributed by atoms with E-state index in [1.54, 1.807) is 7.11 Å². The van der Waals surface area contributed by atoms with Gasteiger partial charge in [0.2, 0.25) is 0 Å². The van der Waals surface area contributed by atoms with Crippen molar-refractivity contribution in [1.82, 2.24) is 10.2 Å². The van der Waals surface area contributed by atoms with Crippen LogP contribution in [0.1, 0.15) is 17.5 Å². The lowest BCUT2D eigenvalue weighted by atomic mass is 10.2. The second kappa shape index (κ2) is 10.8. The van der Waals surface area contributed by atoms with Crippen molar-refractivity contribution >= 4 is 27.5 Å². The maximum atomic E-state index is 5.94. The highest BCUT2D eigenvalue weighted by atomic mass is 79.9. The fourth-order valence-electron chi connectivity index (χ4n) is 2.47. The smallest absolute Gasteiger partial charge is 0.162 e. The molecule has 142 valence electrons. The zero-order chi connectivity index (χ0) is 18.9. The van der Waals surface area contributed by atoms with Gasteiger partial charge in [0.15, 0.2) is 11.5 Å². The van der Waals surface area contributed by atoms with Crippen molar-refractivity contribution in [2.24, 2.45) is 0 Å². The lowest BCUT2D eigenvalue weighted by molar-refractivity contribution is 0.284. The highest BCUT2D eigenvalue weighted by Crippen LogP contribution is 2.34. The molecule has 0 saturated heterocycles. The lowest BCUT2D eigenvalue weighted by Crippen LogP contribution is -2.21. The number of benzene rings is 2. The Kier molecular flexibility index (Phi) is 8.72. The molecule has 2 aromatic carbocycles. The van der Waals surface area contributed by atoms with Gasteiger partial charge in [0.05, 0.1) is 7.11 Å². The highest BCUT2D eigenvalue weighted by molar-refractivity contribution is 9.10. The molecule has 0 aliphatic heterocycles. The lowest BCUT2D eigenvalue weighted by Gasteiger charge is -2.15. The minimum Gasteiger partial charge on any atom is -0.493 e. The first kappa shape index (κ1) is 21.0. The summed E-state index contributed by atoms with van der Waals surface area (Å²) in [5.74, 6) is 1.44. The fourth-order valence-corrected chi connectivity index (χ4v) is 3.06.